The maximum Gasteiger partial charge on any atom is 0.233 e. The highest BCUT2D eigenvalue weighted by molar-refractivity contribution is 7.14. The molecule has 0 amide bonds. The molecule has 0 aliphatic carbocycles. The fourth-order valence-electron chi connectivity index (χ4n) is 2.57. The summed E-state index contributed by atoms with van der Waals surface area (Å²) in [6.07, 6.45) is 3.12. The van der Waals surface area contributed by atoms with Gasteiger partial charge in [0.25, 0.3) is 0 Å². The fourth-order valence-corrected chi connectivity index (χ4v) is 3.22. The van der Waals surface area contributed by atoms with E-state index in [9.17, 15) is 9.18 Å². The molecule has 142 valence electrons. The lowest BCUT2D eigenvalue weighted by atomic mass is 10.1. The van der Waals surface area contributed by atoms with Gasteiger partial charge in [0.1, 0.15) is 11.5 Å². The summed E-state index contributed by atoms with van der Waals surface area (Å²) in [6.45, 7) is 0. The van der Waals surface area contributed by atoms with Crippen molar-refractivity contribution in [3.63, 3.8) is 0 Å². The van der Waals surface area contributed by atoms with E-state index >= 15 is 0 Å². The second-order valence-electron chi connectivity index (χ2n) is 5.85. The van der Waals surface area contributed by atoms with Gasteiger partial charge in [0, 0.05) is 23.3 Å². The van der Waals surface area contributed by atoms with Crippen LogP contribution in [0.5, 0.6) is 0 Å². The number of hydrogen-bond acceptors (Lipinski definition) is 7. The lowest BCUT2D eigenvalue weighted by Crippen LogP contribution is -2.19. The van der Waals surface area contributed by atoms with Crippen molar-refractivity contribution in [2.45, 2.75) is 0 Å². The molecule has 0 fully saturated rings. The van der Waals surface area contributed by atoms with Crippen molar-refractivity contribution in [3.8, 4) is 11.3 Å². The number of pyridine rings is 2. The maximum atomic E-state index is 14.0. The zero-order valence-electron chi connectivity index (χ0n) is 15.0. The zero-order valence-corrected chi connectivity index (χ0v) is 15.8. The summed E-state index contributed by atoms with van der Waals surface area (Å²) in [4.78, 5) is 25.6. The van der Waals surface area contributed by atoms with Gasteiger partial charge < -0.3 is 0 Å². The Morgan fingerprint density at radius 1 is 0.931 bits per heavy atom. The molecule has 4 rings (SSSR count). The van der Waals surface area contributed by atoms with E-state index < -0.39 is 0 Å². The molecule has 0 radical (unpaired) electrons. The lowest BCUT2D eigenvalue weighted by Gasteiger charge is -2.05. The summed E-state index contributed by atoms with van der Waals surface area (Å²) in [5.41, 5.74) is 4.44. The smallest absolute Gasteiger partial charge is 0.233 e. The highest BCUT2D eigenvalue weighted by Gasteiger charge is 2.19. The number of anilines is 1. The molecule has 3 aromatic heterocycles. The highest BCUT2D eigenvalue weighted by Crippen LogP contribution is 2.26. The van der Waals surface area contributed by atoms with Crippen LogP contribution in [0.1, 0.15) is 16.2 Å². The van der Waals surface area contributed by atoms with Crippen molar-refractivity contribution in [1.29, 1.82) is 0 Å². The second-order valence-corrected chi connectivity index (χ2v) is 6.71. The summed E-state index contributed by atoms with van der Waals surface area (Å²) in [6, 6.07) is 16.7. The third-order valence-electron chi connectivity index (χ3n) is 3.94. The first-order chi connectivity index (χ1) is 14.2. The largest absolute Gasteiger partial charge is 0.285 e. The number of carbonyl (C=O) groups is 1. The zero-order chi connectivity index (χ0) is 20.1. The second kappa shape index (κ2) is 8.49. The Hall–Kier alpha value is -3.78. The van der Waals surface area contributed by atoms with Crippen molar-refractivity contribution in [2.24, 2.45) is 5.10 Å². The van der Waals surface area contributed by atoms with Gasteiger partial charge in [0.15, 0.2) is 5.71 Å². The molecule has 0 unspecified atom stereocenters. The molecule has 4 aromatic rings. The molecule has 3 heterocycles. The molecule has 1 N–H and O–H groups in total. The van der Waals surface area contributed by atoms with E-state index in [2.05, 4.69) is 25.5 Å². The molecule has 0 aliphatic rings. The predicted molar refractivity (Wildman–Crippen MR) is 110 cm³/mol. The SMILES string of the molecule is O=C(/C(=N\Nc1nc(-c2ccccc2F)cs1)c1ccccn1)c1ccccn1. The molecular formula is C21H14FN5OS. The van der Waals surface area contributed by atoms with Crippen LogP contribution in [0.3, 0.4) is 0 Å². The Kier molecular flexibility index (Phi) is 5.44. The van der Waals surface area contributed by atoms with Gasteiger partial charge in [0.2, 0.25) is 10.9 Å². The minimum Gasteiger partial charge on any atom is -0.285 e. The Labute approximate surface area is 169 Å². The molecule has 29 heavy (non-hydrogen) atoms. The lowest BCUT2D eigenvalue weighted by molar-refractivity contribution is 0.106. The molecule has 0 spiro atoms. The standard InChI is InChI=1S/C21H14FN5OS/c22-15-8-2-1-7-14(15)18-13-29-21(25-18)27-26-19(16-9-3-5-11-23-16)20(28)17-10-4-6-12-24-17/h1-13H,(H,25,27)/b26-19-. The van der Waals surface area contributed by atoms with Gasteiger partial charge in [-0.3, -0.25) is 20.2 Å². The van der Waals surface area contributed by atoms with Gasteiger partial charge >= 0.3 is 0 Å². The van der Waals surface area contributed by atoms with Crippen LogP contribution in [-0.4, -0.2) is 26.4 Å². The van der Waals surface area contributed by atoms with E-state index in [0.717, 1.165) is 0 Å². The van der Waals surface area contributed by atoms with Crippen LogP contribution >= 0.6 is 11.3 Å². The van der Waals surface area contributed by atoms with Crippen LogP contribution in [-0.2, 0) is 0 Å². The van der Waals surface area contributed by atoms with E-state index in [4.69, 9.17) is 0 Å². The van der Waals surface area contributed by atoms with Gasteiger partial charge in [0.05, 0.1) is 11.4 Å². The van der Waals surface area contributed by atoms with Crippen molar-refractivity contribution in [1.82, 2.24) is 15.0 Å². The van der Waals surface area contributed by atoms with Crippen LogP contribution in [0.2, 0.25) is 0 Å². The number of carbonyl (C=O) groups excluding carboxylic acids is 1. The average Bonchev–Trinajstić information content (AvgIpc) is 3.24. The van der Waals surface area contributed by atoms with Crippen molar-refractivity contribution < 1.29 is 9.18 Å². The number of halogens is 1. The highest BCUT2D eigenvalue weighted by atomic mass is 32.1. The summed E-state index contributed by atoms with van der Waals surface area (Å²) in [7, 11) is 0. The van der Waals surface area contributed by atoms with Gasteiger partial charge in [-0.2, -0.15) is 5.10 Å². The monoisotopic (exact) mass is 403 g/mol. The van der Waals surface area contributed by atoms with E-state index in [0.29, 0.717) is 22.1 Å². The molecule has 0 saturated carbocycles. The summed E-state index contributed by atoms with van der Waals surface area (Å²) < 4.78 is 14.0. The molecule has 0 aliphatic heterocycles. The van der Waals surface area contributed by atoms with Crippen LogP contribution in [0.25, 0.3) is 11.3 Å². The minimum atomic E-state index is -0.373. The first-order valence-corrected chi connectivity index (χ1v) is 9.51. The Morgan fingerprint density at radius 3 is 2.31 bits per heavy atom. The van der Waals surface area contributed by atoms with Gasteiger partial charge in [-0.15, -0.1) is 11.3 Å². The number of Topliss-reactive ketones (excluding diaryl/α,β-unsaturated/α-hetero) is 1. The van der Waals surface area contributed by atoms with Crippen LogP contribution in [0, 0.1) is 5.82 Å². The molecule has 6 nitrogen and oxygen atoms in total. The summed E-state index contributed by atoms with van der Waals surface area (Å²) >= 11 is 1.25. The molecule has 0 saturated heterocycles. The number of nitrogens with zero attached hydrogens (tertiary/aromatic N) is 4. The Morgan fingerprint density at radius 2 is 1.62 bits per heavy atom. The van der Waals surface area contributed by atoms with E-state index in [1.807, 2.05) is 0 Å². The van der Waals surface area contributed by atoms with Gasteiger partial charge in [-0.1, -0.05) is 24.3 Å². The van der Waals surface area contributed by atoms with Crippen LogP contribution < -0.4 is 5.43 Å². The minimum absolute atomic E-state index is 0.104. The number of hydrogen-bond donors (Lipinski definition) is 1. The van der Waals surface area contributed by atoms with Crippen molar-refractivity contribution in [3.05, 3.63) is 95.6 Å². The van der Waals surface area contributed by atoms with E-state index in [1.54, 1.807) is 66.2 Å². The first-order valence-electron chi connectivity index (χ1n) is 8.63. The number of nitrogens with one attached hydrogen (secondary N) is 1. The van der Waals surface area contributed by atoms with Gasteiger partial charge in [-0.25, -0.2) is 9.37 Å². The normalized spacial score (nSPS) is 11.3. The van der Waals surface area contributed by atoms with Crippen molar-refractivity contribution in [2.75, 3.05) is 5.43 Å². The van der Waals surface area contributed by atoms with Crippen LogP contribution in [0.15, 0.2) is 83.5 Å². The molecular weight excluding hydrogens is 389 g/mol. The third-order valence-corrected chi connectivity index (χ3v) is 4.68. The number of benzene rings is 1. The number of hydrazone groups is 1. The first kappa shape index (κ1) is 18.6. The Bertz CT molecular complexity index is 1160. The fraction of sp³-hybridized carbons (Fsp3) is 0. The predicted octanol–water partition coefficient (Wildman–Crippen LogP) is 4.44. The topological polar surface area (TPSA) is 80.1 Å². The summed E-state index contributed by atoms with van der Waals surface area (Å²) in [5, 5.41) is 6.38. The van der Waals surface area contributed by atoms with E-state index in [1.165, 1.54) is 23.6 Å². The number of aromatic nitrogens is 3. The van der Waals surface area contributed by atoms with Gasteiger partial charge in [-0.05, 0) is 36.4 Å². The maximum absolute atomic E-state index is 14.0. The number of thiazole rings is 1. The van der Waals surface area contributed by atoms with Crippen LogP contribution in [0.4, 0.5) is 9.52 Å². The quantitative estimate of drug-likeness (QED) is 0.292. The molecule has 0 atom stereocenters. The molecule has 1 aromatic carbocycles. The number of ketones is 1. The average molecular weight is 403 g/mol. The third kappa shape index (κ3) is 4.22. The Balaban J connectivity index is 1.64. The van der Waals surface area contributed by atoms with Crippen molar-refractivity contribution >= 4 is 28.0 Å². The summed E-state index contributed by atoms with van der Waals surface area (Å²) in [5.74, 6) is -0.727. The molecule has 8 heteroatoms. The van der Waals surface area contributed by atoms with E-state index in [-0.39, 0.29) is 23.0 Å². The number of rotatable bonds is 6. The molecule has 0 bridgehead atoms.